The van der Waals surface area contributed by atoms with Crippen molar-refractivity contribution in [2.45, 2.75) is 24.7 Å². The van der Waals surface area contributed by atoms with Crippen LogP contribution in [-0.2, 0) is 11.3 Å². The molecule has 0 amide bonds. The lowest BCUT2D eigenvalue weighted by Crippen LogP contribution is -2.20. The molecule has 0 aliphatic carbocycles. The van der Waals surface area contributed by atoms with Crippen LogP contribution in [0, 0.1) is 0 Å². The van der Waals surface area contributed by atoms with Crippen LogP contribution < -0.4 is 4.74 Å². The second-order valence-electron chi connectivity index (χ2n) is 4.57. The summed E-state index contributed by atoms with van der Waals surface area (Å²) in [5, 5.41) is 21.9. The monoisotopic (exact) mass is 338 g/mol. The summed E-state index contributed by atoms with van der Waals surface area (Å²) < 4.78 is 11.8. The molecule has 124 valence electrons. The Morgan fingerprint density at radius 3 is 2.78 bits per heavy atom. The topological polar surface area (TPSA) is 99.4 Å². The van der Waals surface area contributed by atoms with Gasteiger partial charge in [-0.1, -0.05) is 11.8 Å². The first-order valence-electron chi connectivity index (χ1n) is 7.02. The highest BCUT2D eigenvalue weighted by molar-refractivity contribution is 7.99. The molecule has 0 saturated carbocycles. The maximum Gasteiger partial charge on any atom is 0.337 e. The zero-order valence-corrected chi connectivity index (χ0v) is 13.7. The van der Waals surface area contributed by atoms with E-state index in [0.717, 1.165) is 0 Å². The van der Waals surface area contributed by atoms with E-state index in [-0.39, 0.29) is 6.61 Å². The molecule has 1 N–H and O–H groups in total. The smallest absolute Gasteiger partial charge is 0.337 e. The number of aromatic nitrogens is 4. The lowest BCUT2D eigenvalue weighted by atomic mass is 10.2. The predicted molar refractivity (Wildman–Crippen MR) is 83.5 cm³/mol. The van der Waals surface area contributed by atoms with Gasteiger partial charge in [-0.05, 0) is 41.6 Å². The second-order valence-corrected chi connectivity index (χ2v) is 5.56. The lowest BCUT2D eigenvalue weighted by molar-refractivity contribution is 0.0600. The van der Waals surface area contributed by atoms with Crippen LogP contribution in [-0.4, -0.2) is 56.9 Å². The fraction of sp³-hybridized carbons (Fsp3) is 0.429. The van der Waals surface area contributed by atoms with Crippen molar-refractivity contribution < 1.29 is 19.4 Å². The summed E-state index contributed by atoms with van der Waals surface area (Å²) in [6.07, 6.45) is -0.665. The number of aliphatic hydroxyl groups excluding tert-OH is 1. The summed E-state index contributed by atoms with van der Waals surface area (Å²) in [4.78, 5) is 11.3. The van der Waals surface area contributed by atoms with Crippen molar-refractivity contribution in [2.24, 2.45) is 0 Å². The van der Waals surface area contributed by atoms with Crippen molar-refractivity contribution in [1.82, 2.24) is 20.2 Å². The number of carbonyl (C=O) groups is 1. The summed E-state index contributed by atoms with van der Waals surface area (Å²) in [7, 11) is 1.33. The zero-order valence-electron chi connectivity index (χ0n) is 12.9. The summed E-state index contributed by atoms with van der Waals surface area (Å²) in [5.41, 5.74) is 0.447. The van der Waals surface area contributed by atoms with Gasteiger partial charge in [0.15, 0.2) is 0 Å². The van der Waals surface area contributed by atoms with Gasteiger partial charge >= 0.3 is 5.97 Å². The van der Waals surface area contributed by atoms with Crippen LogP contribution in [0.25, 0.3) is 0 Å². The highest BCUT2D eigenvalue weighted by atomic mass is 32.2. The molecule has 0 saturated heterocycles. The molecule has 1 aromatic heterocycles. The fourth-order valence-electron chi connectivity index (χ4n) is 1.71. The molecule has 0 fully saturated rings. The van der Waals surface area contributed by atoms with Crippen LogP contribution >= 0.6 is 11.8 Å². The van der Waals surface area contributed by atoms with Crippen LogP contribution in [0.5, 0.6) is 5.75 Å². The number of ether oxygens (including phenoxy) is 2. The molecule has 1 atom stereocenters. The van der Waals surface area contributed by atoms with Gasteiger partial charge in [0.2, 0.25) is 5.16 Å². The summed E-state index contributed by atoms with van der Waals surface area (Å²) in [6.45, 7) is 2.75. The molecule has 1 heterocycles. The molecule has 0 bridgehead atoms. The molecular weight excluding hydrogens is 320 g/mol. The van der Waals surface area contributed by atoms with Gasteiger partial charge < -0.3 is 14.6 Å². The SMILES string of the molecule is CCn1nnnc1SC[C@@H](O)COc1ccc(C(=O)OC)cc1. The van der Waals surface area contributed by atoms with E-state index in [1.807, 2.05) is 6.92 Å². The fourth-order valence-corrected chi connectivity index (χ4v) is 2.56. The van der Waals surface area contributed by atoms with Gasteiger partial charge in [0.25, 0.3) is 0 Å². The van der Waals surface area contributed by atoms with Gasteiger partial charge in [0.1, 0.15) is 12.4 Å². The van der Waals surface area contributed by atoms with Gasteiger partial charge in [-0.3, -0.25) is 0 Å². The van der Waals surface area contributed by atoms with E-state index in [1.54, 1.807) is 28.9 Å². The number of tetrazole rings is 1. The Kier molecular flexibility index (Phi) is 6.36. The number of nitrogens with zero attached hydrogens (tertiary/aromatic N) is 4. The van der Waals surface area contributed by atoms with Crippen LogP contribution in [0.4, 0.5) is 0 Å². The molecular formula is C14H18N4O4S. The number of rotatable bonds is 8. The number of thioether (sulfide) groups is 1. The first kappa shape index (κ1) is 17.2. The van der Waals surface area contributed by atoms with E-state index in [4.69, 9.17) is 4.74 Å². The summed E-state index contributed by atoms with van der Waals surface area (Å²) in [6, 6.07) is 6.53. The van der Waals surface area contributed by atoms with Crippen LogP contribution in [0.2, 0.25) is 0 Å². The highest BCUT2D eigenvalue weighted by Gasteiger charge is 2.11. The van der Waals surface area contributed by atoms with Gasteiger partial charge in [0.05, 0.1) is 18.8 Å². The van der Waals surface area contributed by atoms with Crippen molar-refractivity contribution in [3.8, 4) is 5.75 Å². The largest absolute Gasteiger partial charge is 0.491 e. The maximum absolute atomic E-state index is 11.3. The molecule has 0 radical (unpaired) electrons. The van der Waals surface area contributed by atoms with Gasteiger partial charge in [0, 0.05) is 12.3 Å². The van der Waals surface area contributed by atoms with E-state index in [2.05, 4.69) is 20.3 Å². The molecule has 0 spiro atoms. The molecule has 0 aliphatic rings. The van der Waals surface area contributed by atoms with Gasteiger partial charge in [-0.15, -0.1) is 5.10 Å². The number of esters is 1. The molecule has 9 heteroatoms. The van der Waals surface area contributed by atoms with Crippen molar-refractivity contribution in [3.05, 3.63) is 29.8 Å². The lowest BCUT2D eigenvalue weighted by Gasteiger charge is -2.12. The third-order valence-corrected chi connectivity index (χ3v) is 4.02. The maximum atomic E-state index is 11.3. The van der Waals surface area contributed by atoms with Crippen molar-refractivity contribution in [3.63, 3.8) is 0 Å². The molecule has 1 aromatic carbocycles. The Morgan fingerprint density at radius 1 is 1.39 bits per heavy atom. The third-order valence-electron chi connectivity index (χ3n) is 2.92. The van der Waals surface area contributed by atoms with E-state index in [9.17, 15) is 9.90 Å². The van der Waals surface area contributed by atoms with Crippen LogP contribution in [0.15, 0.2) is 29.4 Å². The first-order chi connectivity index (χ1) is 11.1. The Labute approximate surface area is 137 Å². The Morgan fingerprint density at radius 2 is 2.13 bits per heavy atom. The molecule has 0 unspecified atom stereocenters. The van der Waals surface area contributed by atoms with E-state index in [0.29, 0.717) is 28.8 Å². The quantitative estimate of drug-likeness (QED) is 0.562. The normalized spacial score (nSPS) is 12.0. The minimum atomic E-state index is -0.665. The Hall–Kier alpha value is -2.13. The molecule has 2 rings (SSSR count). The number of hydrogen-bond acceptors (Lipinski definition) is 8. The van der Waals surface area contributed by atoms with E-state index in [1.165, 1.54) is 18.9 Å². The second kappa shape index (κ2) is 8.49. The van der Waals surface area contributed by atoms with Crippen LogP contribution in [0.1, 0.15) is 17.3 Å². The van der Waals surface area contributed by atoms with Gasteiger partial charge in [-0.2, -0.15) is 0 Å². The van der Waals surface area contributed by atoms with E-state index < -0.39 is 12.1 Å². The third kappa shape index (κ3) is 4.93. The minimum Gasteiger partial charge on any atom is -0.491 e. The number of methoxy groups -OCH3 is 1. The molecule has 2 aromatic rings. The standard InChI is InChI=1S/C14H18N4O4S/c1-3-18-14(15-16-17-18)23-9-11(19)8-22-12-6-4-10(5-7-12)13(20)21-2/h4-7,11,19H,3,8-9H2,1-2H3/t11-/m0/s1. The average molecular weight is 338 g/mol. The van der Waals surface area contributed by atoms with Crippen molar-refractivity contribution in [1.29, 1.82) is 0 Å². The number of benzene rings is 1. The first-order valence-corrected chi connectivity index (χ1v) is 8.00. The van der Waals surface area contributed by atoms with Crippen molar-refractivity contribution >= 4 is 17.7 Å². The number of carbonyl (C=O) groups excluding carboxylic acids is 1. The van der Waals surface area contributed by atoms with Gasteiger partial charge in [-0.25, -0.2) is 9.48 Å². The minimum absolute atomic E-state index is 0.137. The number of hydrogen-bond donors (Lipinski definition) is 1. The molecule has 8 nitrogen and oxygen atoms in total. The highest BCUT2D eigenvalue weighted by Crippen LogP contribution is 2.16. The van der Waals surface area contributed by atoms with E-state index >= 15 is 0 Å². The zero-order chi connectivity index (χ0) is 16.7. The molecule has 0 aliphatic heterocycles. The number of aryl methyl sites for hydroxylation is 1. The van der Waals surface area contributed by atoms with Crippen molar-refractivity contribution in [2.75, 3.05) is 19.5 Å². The predicted octanol–water partition coefficient (Wildman–Crippen LogP) is 1.01. The van der Waals surface area contributed by atoms with Crippen LogP contribution in [0.3, 0.4) is 0 Å². The Balaban J connectivity index is 1.78. The summed E-state index contributed by atoms with van der Waals surface area (Å²) in [5.74, 6) is 0.586. The Bertz CT molecular complexity index is 632. The molecule has 23 heavy (non-hydrogen) atoms. The summed E-state index contributed by atoms with van der Waals surface area (Å²) >= 11 is 1.37. The average Bonchev–Trinajstić information content (AvgIpc) is 3.05. The number of aliphatic hydroxyl groups is 1.